The average molecular weight is 307 g/mol. The van der Waals surface area contributed by atoms with Crippen molar-refractivity contribution in [2.75, 3.05) is 40.6 Å². The molecule has 0 bridgehead atoms. The van der Waals surface area contributed by atoms with Crippen LogP contribution in [0.3, 0.4) is 0 Å². The summed E-state index contributed by atoms with van der Waals surface area (Å²) in [7, 11) is 3.02. The van der Waals surface area contributed by atoms with Gasteiger partial charge in [-0.1, -0.05) is 0 Å². The Balaban J connectivity index is 2.76. The topological polar surface area (TPSA) is 57.2 Å². The van der Waals surface area contributed by atoms with Crippen LogP contribution in [0.5, 0.6) is 0 Å². The molecule has 0 saturated carbocycles. The highest BCUT2D eigenvalue weighted by Gasteiger charge is 2.46. The van der Waals surface area contributed by atoms with Gasteiger partial charge in [-0.25, -0.2) is 9.18 Å². The molecular formula is C14H26FNO5. The minimum Gasteiger partial charge on any atom is -0.444 e. The summed E-state index contributed by atoms with van der Waals surface area (Å²) in [6.07, 6.45) is -0.558. The van der Waals surface area contributed by atoms with E-state index in [1.54, 1.807) is 20.8 Å². The van der Waals surface area contributed by atoms with E-state index < -0.39 is 30.3 Å². The fraction of sp³-hybridized carbons (Fsp3) is 0.929. The van der Waals surface area contributed by atoms with Gasteiger partial charge in [0.15, 0.2) is 5.79 Å². The molecule has 0 aromatic rings. The van der Waals surface area contributed by atoms with Gasteiger partial charge < -0.3 is 23.8 Å². The van der Waals surface area contributed by atoms with E-state index in [0.717, 1.165) is 0 Å². The van der Waals surface area contributed by atoms with E-state index in [4.69, 9.17) is 18.9 Å². The monoisotopic (exact) mass is 307 g/mol. The highest BCUT2D eigenvalue weighted by atomic mass is 19.1. The van der Waals surface area contributed by atoms with Crippen LogP contribution >= 0.6 is 0 Å². The smallest absolute Gasteiger partial charge is 0.410 e. The Morgan fingerprint density at radius 2 is 1.95 bits per heavy atom. The maximum atomic E-state index is 12.4. The number of ether oxygens (including phenoxy) is 4. The molecule has 0 radical (unpaired) electrons. The molecule has 7 heteroatoms. The summed E-state index contributed by atoms with van der Waals surface area (Å²) < 4.78 is 34.0. The molecule has 1 rings (SSSR count). The van der Waals surface area contributed by atoms with E-state index in [9.17, 15) is 9.18 Å². The summed E-state index contributed by atoms with van der Waals surface area (Å²) in [4.78, 5) is 13.6. The molecule has 0 N–H and O–H groups in total. The van der Waals surface area contributed by atoms with Gasteiger partial charge in [-0.3, -0.25) is 0 Å². The standard InChI is InChI=1S/C14H26FNO5/c1-13(2,3)21-12(17)16-8-6-14(18-4,19-5)11(10-16)20-9-7-15/h11H,6-10H2,1-5H3. The third-order valence-electron chi connectivity index (χ3n) is 3.35. The zero-order valence-corrected chi connectivity index (χ0v) is 13.5. The largest absolute Gasteiger partial charge is 0.444 e. The number of carbonyl (C=O) groups is 1. The van der Waals surface area contributed by atoms with Crippen molar-refractivity contribution in [1.82, 2.24) is 4.90 Å². The van der Waals surface area contributed by atoms with Gasteiger partial charge in [0.05, 0.1) is 13.2 Å². The molecular weight excluding hydrogens is 281 g/mol. The molecule has 1 fully saturated rings. The predicted molar refractivity (Wildman–Crippen MR) is 74.9 cm³/mol. The fourth-order valence-electron chi connectivity index (χ4n) is 2.29. The van der Waals surface area contributed by atoms with E-state index >= 15 is 0 Å². The lowest BCUT2D eigenvalue weighted by atomic mass is 10.00. The number of methoxy groups -OCH3 is 2. The molecule has 21 heavy (non-hydrogen) atoms. The predicted octanol–water partition coefficient (Wildman–Crippen LogP) is 1.97. The normalized spacial score (nSPS) is 22.2. The van der Waals surface area contributed by atoms with Crippen LogP contribution in [-0.2, 0) is 18.9 Å². The summed E-state index contributed by atoms with van der Waals surface area (Å²) in [5.41, 5.74) is -0.566. The second-order valence-corrected chi connectivity index (χ2v) is 5.94. The number of hydrogen-bond acceptors (Lipinski definition) is 5. The molecule has 1 atom stereocenters. The molecule has 1 aliphatic rings. The Morgan fingerprint density at radius 3 is 2.43 bits per heavy atom. The molecule has 0 spiro atoms. The maximum absolute atomic E-state index is 12.4. The lowest BCUT2D eigenvalue weighted by molar-refractivity contribution is -0.287. The highest BCUT2D eigenvalue weighted by Crippen LogP contribution is 2.30. The molecule has 0 aromatic heterocycles. The number of hydrogen-bond donors (Lipinski definition) is 0. The summed E-state index contributed by atoms with van der Waals surface area (Å²) in [6, 6.07) is 0. The van der Waals surface area contributed by atoms with Crippen LogP contribution in [0.2, 0.25) is 0 Å². The molecule has 1 amide bonds. The molecule has 1 heterocycles. The first-order valence-corrected chi connectivity index (χ1v) is 7.04. The van der Waals surface area contributed by atoms with Crippen LogP contribution in [0, 0.1) is 0 Å². The molecule has 6 nitrogen and oxygen atoms in total. The van der Waals surface area contributed by atoms with Gasteiger partial charge in [0, 0.05) is 27.2 Å². The Labute approximate surface area is 125 Å². The fourth-order valence-corrected chi connectivity index (χ4v) is 2.29. The van der Waals surface area contributed by atoms with E-state index in [1.807, 2.05) is 0 Å². The number of piperidine rings is 1. The van der Waals surface area contributed by atoms with E-state index in [-0.39, 0.29) is 13.2 Å². The van der Waals surface area contributed by atoms with Crippen LogP contribution in [0.25, 0.3) is 0 Å². The maximum Gasteiger partial charge on any atom is 0.410 e. The first-order valence-electron chi connectivity index (χ1n) is 7.04. The number of halogens is 1. The summed E-state index contributed by atoms with van der Waals surface area (Å²) in [6.45, 7) is 5.40. The van der Waals surface area contributed by atoms with Crippen LogP contribution in [0.1, 0.15) is 27.2 Å². The van der Waals surface area contributed by atoms with Gasteiger partial charge in [-0.05, 0) is 20.8 Å². The third kappa shape index (κ3) is 4.79. The van der Waals surface area contributed by atoms with Crippen LogP contribution in [0.4, 0.5) is 9.18 Å². The molecule has 1 unspecified atom stereocenters. The van der Waals surface area contributed by atoms with Crippen molar-refractivity contribution in [3.63, 3.8) is 0 Å². The Morgan fingerprint density at radius 1 is 1.33 bits per heavy atom. The van der Waals surface area contributed by atoms with E-state index in [1.165, 1.54) is 19.1 Å². The number of likely N-dealkylation sites (tertiary alicyclic amines) is 1. The Bertz CT molecular complexity index is 341. The number of alkyl halides is 1. The lowest BCUT2D eigenvalue weighted by Gasteiger charge is -2.45. The minimum atomic E-state index is -0.965. The Hall–Kier alpha value is -0.920. The lowest BCUT2D eigenvalue weighted by Crippen LogP contribution is -2.60. The average Bonchev–Trinajstić information content (AvgIpc) is 2.43. The summed E-state index contributed by atoms with van der Waals surface area (Å²) in [5.74, 6) is -0.965. The summed E-state index contributed by atoms with van der Waals surface area (Å²) in [5, 5.41) is 0. The minimum absolute atomic E-state index is 0.0682. The van der Waals surface area contributed by atoms with Gasteiger partial charge in [0.1, 0.15) is 18.4 Å². The molecule has 0 aromatic carbocycles. The van der Waals surface area contributed by atoms with Crippen molar-refractivity contribution in [3.8, 4) is 0 Å². The number of nitrogens with zero attached hydrogens (tertiary/aromatic N) is 1. The highest BCUT2D eigenvalue weighted by molar-refractivity contribution is 5.68. The number of amides is 1. The first-order chi connectivity index (χ1) is 9.78. The third-order valence-corrected chi connectivity index (χ3v) is 3.35. The van der Waals surface area contributed by atoms with Crippen LogP contribution in [-0.4, -0.2) is 69.1 Å². The van der Waals surface area contributed by atoms with Crippen LogP contribution in [0.15, 0.2) is 0 Å². The van der Waals surface area contributed by atoms with Gasteiger partial charge >= 0.3 is 6.09 Å². The molecule has 124 valence electrons. The number of rotatable bonds is 5. The van der Waals surface area contributed by atoms with Gasteiger partial charge in [-0.15, -0.1) is 0 Å². The summed E-state index contributed by atoms with van der Waals surface area (Å²) >= 11 is 0. The molecule has 1 saturated heterocycles. The van der Waals surface area contributed by atoms with Gasteiger partial charge in [0.2, 0.25) is 0 Å². The van der Waals surface area contributed by atoms with Crippen molar-refractivity contribution < 1.29 is 28.1 Å². The van der Waals surface area contributed by atoms with Gasteiger partial charge in [0.25, 0.3) is 0 Å². The first kappa shape index (κ1) is 18.1. The Kier molecular flexibility index (Phi) is 6.37. The quantitative estimate of drug-likeness (QED) is 0.727. The molecule has 1 aliphatic heterocycles. The van der Waals surface area contributed by atoms with Crippen molar-refractivity contribution in [3.05, 3.63) is 0 Å². The number of carbonyl (C=O) groups excluding carboxylic acids is 1. The van der Waals surface area contributed by atoms with Crippen LogP contribution < -0.4 is 0 Å². The van der Waals surface area contributed by atoms with Crippen molar-refractivity contribution in [2.24, 2.45) is 0 Å². The van der Waals surface area contributed by atoms with Gasteiger partial charge in [-0.2, -0.15) is 0 Å². The molecule has 0 aliphatic carbocycles. The van der Waals surface area contributed by atoms with Crippen molar-refractivity contribution >= 4 is 6.09 Å². The zero-order chi connectivity index (χ0) is 16.1. The van der Waals surface area contributed by atoms with E-state index in [2.05, 4.69) is 0 Å². The van der Waals surface area contributed by atoms with Crippen molar-refractivity contribution in [2.45, 2.75) is 44.7 Å². The SMILES string of the molecule is COC1(OC)CCN(C(=O)OC(C)(C)C)CC1OCCF. The van der Waals surface area contributed by atoms with E-state index in [0.29, 0.717) is 13.0 Å². The van der Waals surface area contributed by atoms with Crippen molar-refractivity contribution in [1.29, 1.82) is 0 Å². The zero-order valence-electron chi connectivity index (χ0n) is 13.5. The second-order valence-electron chi connectivity index (χ2n) is 5.94. The second kappa shape index (κ2) is 7.38.